The van der Waals surface area contributed by atoms with Crippen molar-refractivity contribution in [3.63, 3.8) is 0 Å². The molecule has 4 fully saturated rings. The number of rotatable bonds is 6. The van der Waals surface area contributed by atoms with E-state index in [9.17, 15) is 18.3 Å². The van der Waals surface area contributed by atoms with Gasteiger partial charge in [-0.1, -0.05) is 30.3 Å². The number of carbonyl (C=O) groups is 1. The third-order valence-electron chi connectivity index (χ3n) is 9.11. The molecule has 0 aromatic heterocycles. The Labute approximate surface area is 204 Å². The highest BCUT2D eigenvalue weighted by Gasteiger charge is 2.56. The number of nitrogens with zero attached hydrogens (tertiary/aromatic N) is 3. The van der Waals surface area contributed by atoms with Gasteiger partial charge < -0.3 is 14.9 Å². The molecule has 0 unspecified atom stereocenters. The lowest BCUT2D eigenvalue weighted by atomic mass is 9.68. The highest BCUT2D eigenvalue weighted by molar-refractivity contribution is 7.91. The van der Waals surface area contributed by atoms with Crippen molar-refractivity contribution in [1.82, 2.24) is 14.7 Å². The van der Waals surface area contributed by atoms with Gasteiger partial charge in [-0.2, -0.15) is 0 Å². The van der Waals surface area contributed by atoms with Crippen molar-refractivity contribution in [2.75, 3.05) is 45.2 Å². The third kappa shape index (κ3) is 4.37. The minimum atomic E-state index is -3.07. The molecule has 2 aliphatic heterocycles. The number of carbonyl (C=O) groups excluding carboxylic acids is 1. The summed E-state index contributed by atoms with van der Waals surface area (Å²) in [6.07, 6.45) is 6.63. The molecule has 2 saturated carbocycles. The molecule has 2 aliphatic carbocycles. The average molecular weight is 490 g/mol. The fourth-order valence-electron chi connectivity index (χ4n) is 6.57. The lowest BCUT2D eigenvalue weighted by Gasteiger charge is -2.51. The Hall–Kier alpha value is -1.64. The van der Waals surface area contributed by atoms with E-state index in [0.29, 0.717) is 12.5 Å². The summed E-state index contributed by atoms with van der Waals surface area (Å²) in [6, 6.07) is 10.7. The fraction of sp³-hybridized carbons (Fsp3) is 0.731. The molecular weight excluding hydrogens is 450 g/mol. The number of aliphatic hydroxyl groups is 1. The fourth-order valence-corrected chi connectivity index (χ4v) is 8.15. The number of benzene rings is 1. The van der Waals surface area contributed by atoms with Crippen LogP contribution >= 0.6 is 0 Å². The molecule has 2 heterocycles. The first-order valence-corrected chi connectivity index (χ1v) is 14.6. The van der Waals surface area contributed by atoms with Gasteiger partial charge in [0, 0.05) is 18.6 Å². The van der Waals surface area contributed by atoms with E-state index in [1.54, 1.807) is 0 Å². The van der Waals surface area contributed by atoms with E-state index in [1.165, 1.54) is 18.4 Å². The van der Waals surface area contributed by atoms with Crippen molar-refractivity contribution in [3.05, 3.63) is 35.9 Å². The van der Waals surface area contributed by atoms with E-state index in [2.05, 4.69) is 54.2 Å². The molecular formula is C26H39N3O4S. The van der Waals surface area contributed by atoms with Gasteiger partial charge in [-0.05, 0) is 76.9 Å². The van der Waals surface area contributed by atoms with Gasteiger partial charge in [0.1, 0.15) is 0 Å². The quantitative estimate of drug-likeness (QED) is 0.665. The first-order chi connectivity index (χ1) is 16.1. The number of sulfone groups is 1. The molecule has 34 heavy (non-hydrogen) atoms. The highest BCUT2D eigenvalue weighted by Crippen LogP contribution is 2.50. The van der Waals surface area contributed by atoms with Crippen LogP contribution in [0.4, 0.5) is 4.79 Å². The molecule has 0 radical (unpaired) electrons. The lowest BCUT2D eigenvalue weighted by molar-refractivity contribution is 0.00232. The van der Waals surface area contributed by atoms with Crippen LogP contribution in [-0.2, 0) is 15.4 Å². The summed E-state index contributed by atoms with van der Waals surface area (Å²) < 4.78 is 23.8. The van der Waals surface area contributed by atoms with Crippen molar-refractivity contribution in [2.24, 2.45) is 5.92 Å². The summed E-state index contributed by atoms with van der Waals surface area (Å²) in [6.45, 7) is 1.68. The summed E-state index contributed by atoms with van der Waals surface area (Å²) in [7, 11) is 1.24. The van der Waals surface area contributed by atoms with Crippen molar-refractivity contribution >= 4 is 15.9 Å². The molecule has 5 rings (SSSR count). The Kier molecular flexibility index (Phi) is 6.01. The highest BCUT2D eigenvalue weighted by atomic mass is 32.2. The molecule has 4 aliphatic rings. The number of urea groups is 1. The summed E-state index contributed by atoms with van der Waals surface area (Å²) in [5, 5.41) is 11.2. The Balaban J connectivity index is 1.36. The largest absolute Gasteiger partial charge is 0.388 e. The second kappa shape index (κ2) is 8.49. The van der Waals surface area contributed by atoms with E-state index in [0.717, 1.165) is 32.2 Å². The zero-order valence-corrected chi connectivity index (χ0v) is 21.4. The molecule has 1 spiro atoms. The second-order valence-electron chi connectivity index (χ2n) is 11.6. The molecule has 0 atom stereocenters. The van der Waals surface area contributed by atoms with E-state index >= 15 is 0 Å². The van der Waals surface area contributed by atoms with Gasteiger partial charge in [-0.15, -0.1) is 0 Å². The average Bonchev–Trinajstić information content (AvgIpc) is 3.60. The van der Waals surface area contributed by atoms with Crippen LogP contribution in [0.3, 0.4) is 0 Å². The smallest absolute Gasteiger partial charge is 0.320 e. The molecule has 1 aromatic rings. The Morgan fingerprint density at radius 2 is 1.62 bits per heavy atom. The van der Waals surface area contributed by atoms with Crippen molar-refractivity contribution in [1.29, 1.82) is 0 Å². The molecule has 1 N–H and O–H groups in total. The second-order valence-corrected chi connectivity index (χ2v) is 13.9. The van der Waals surface area contributed by atoms with Gasteiger partial charge in [0.05, 0.1) is 29.2 Å². The van der Waals surface area contributed by atoms with E-state index < -0.39 is 15.4 Å². The topological polar surface area (TPSA) is 81.2 Å². The Morgan fingerprint density at radius 3 is 2.18 bits per heavy atom. The predicted octanol–water partition coefficient (Wildman–Crippen LogP) is 2.84. The molecule has 2 saturated heterocycles. The van der Waals surface area contributed by atoms with Crippen LogP contribution in [0.15, 0.2) is 30.3 Å². The summed E-state index contributed by atoms with van der Waals surface area (Å²) in [5.41, 5.74) is -0.0125. The minimum absolute atomic E-state index is 0.00485. The molecule has 8 heteroatoms. The Morgan fingerprint density at radius 1 is 1.00 bits per heavy atom. The zero-order valence-electron chi connectivity index (χ0n) is 20.6. The van der Waals surface area contributed by atoms with Crippen LogP contribution in [0.2, 0.25) is 0 Å². The maximum absolute atomic E-state index is 13.7. The molecule has 2 amide bonds. The van der Waals surface area contributed by atoms with Crippen LogP contribution in [-0.4, -0.2) is 90.6 Å². The lowest BCUT2D eigenvalue weighted by Crippen LogP contribution is -2.55. The van der Waals surface area contributed by atoms with E-state index in [-0.39, 0.29) is 48.0 Å². The zero-order chi connectivity index (χ0) is 24.2. The van der Waals surface area contributed by atoms with Gasteiger partial charge >= 0.3 is 6.03 Å². The first-order valence-electron chi connectivity index (χ1n) is 12.8. The van der Waals surface area contributed by atoms with Crippen LogP contribution in [0, 0.1) is 5.92 Å². The van der Waals surface area contributed by atoms with Gasteiger partial charge in [0.25, 0.3) is 0 Å². The number of hydrogen-bond acceptors (Lipinski definition) is 5. The monoisotopic (exact) mass is 489 g/mol. The maximum Gasteiger partial charge on any atom is 0.320 e. The predicted molar refractivity (Wildman–Crippen MR) is 132 cm³/mol. The van der Waals surface area contributed by atoms with Crippen LogP contribution in [0.1, 0.15) is 56.9 Å². The third-order valence-corrected chi connectivity index (χ3v) is 10.8. The maximum atomic E-state index is 13.7. The molecule has 188 valence electrons. The van der Waals surface area contributed by atoms with Crippen molar-refractivity contribution in [2.45, 2.75) is 68.0 Å². The number of hydrogen-bond donors (Lipinski definition) is 1. The van der Waals surface area contributed by atoms with Crippen LogP contribution < -0.4 is 0 Å². The van der Waals surface area contributed by atoms with Crippen molar-refractivity contribution in [3.8, 4) is 0 Å². The normalized spacial score (nSPS) is 30.3. The molecule has 0 bridgehead atoms. The van der Waals surface area contributed by atoms with E-state index in [4.69, 9.17) is 0 Å². The Bertz CT molecular complexity index is 1000. The van der Waals surface area contributed by atoms with Gasteiger partial charge in [0.15, 0.2) is 9.84 Å². The van der Waals surface area contributed by atoms with Crippen molar-refractivity contribution < 1.29 is 18.3 Å². The van der Waals surface area contributed by atoms with Gasteiger partial charge in [-0.25, -0.2) is 13.2 Å². The van der Waals surface area contributed by atoms with Crippen LogP contribution in [0.25, 0.3) is 0 Å². The SMILES string of the molecule is CN(C)[C@]1(c2ccccc2)CC[C@@]2(CC1)CN(CC1(O)CCS(=O)(=O)CC1)C(=O)N2CC1CC1. The first kappa shape index (κ1) is 24.1. The molecule has 7 nitrogen and oxygen atoms in total. The standard InChI is InChI=1S/C26H39N3O4S/c1-27(2)26(22-6-4-3-5-7-22)12-10-24(11-13-26)19-28(23(30)29(24)18-21-8-9-21)20-25(31)14-16-34(32,33)17-15-25/h3-7,21,31H,8-20H2,1-2H3/t24-,26-. The summed E-state index contributed by atoms with van der Waals surface area (Å²) >= 11 is 0. The summed E-state index contributed by atoms with van der Waals surface area (Å²) in [4.78, 5) is 20.0. The minimum Gasteiger partial charge on any atom is -0.388 e. The van der Waals surface area contributed by atoms with Gasteiger partial charge in [-0.3, -0.25) is 4.90 Å². The number of amides is 2. The molecule has 1 aromatic carbocycles. The van der Waals surface area contributed by atoms with Gasteiger partial charge in [0.2, 0.25) is 0 Å². The number of β-amino-alcohol motifs (C(OH)–C–C–N with tert-alkyl or cyclic N) is 1. The van der Waals surface area contributed by atoms with Crippen LogP contribution in [0.5, 0.6) is 0 Å². The summed E-state index contributed by atoms with van der Waals surface area (Å²) in [5.74, 6) is 0.605. The van der Waals surface area contributed by atoms with E-state index in [1.807, 2.05) is 4.90 Å².